The Morgan fingerprint density at radius 1 is 0.900 bits per heavy atom. The van der Waals surface area contributed by atoms with Crippen LogP contribution < -0.4 is 5.32 Å². The Kier molecular flexibility index (Phi) is 12.8. The molecule has 0 radical (unpaired) electrons. The van der Waals surface area contributed by atoms with E-state index >= 15 is 0 Å². The maximum Gasteiger partial charge on any atom is 0.146 e. The Morgan fingerprint density at radius 2 is 1.45 bits per heavy atom. The van der Waals surface area contributed by atoms with Crippen LogP contribution in [0.1, 0.15) is 84.5 Å². The Morgan fingerprint density at radius 3 is 1.95 bits per heavy atom. The quantitative estimate of drug-likeness (QED) is 0.489. The second kappa shape index (κ2) is 13.3. The molecule has 0 amide bonds. The highest BCUT2D eigenvalue weighted by atomic mass is 16.1. The summed E-state index contributed by atoms with van der Waals surface area (Å²) in [5.74, 6) is 0.619. The number of ketones is 2. The zero-order chi connectivity index (χ0) is 15.2. The van der Waals surface area contributed by atoms with E-state index in [9.17, 15) is 9.59 Å². The molecular formula is C17H33NO2. The lowest BCUT2D eigenvalue weighted by Gasteiger charge is -2.11. The van der Waals surface area contributed by atoms with Crippen molar-refractivity contribution in [2.45, 2.75) is 90.5 Å². The molecule has 0 aliphatic carbocycles. The number of hydrogen-bond acceptors (Lipinski definition) is 3. The van der Waals surface area contributed by atoms with E-state index in [2.05, 4.69) is 12.2 Å². The number of rotatable bonds is 14. The standard InChI is InChI=1S/C17H33NO2/c1-4-5-6-7-9-12-16(20)13-10-8-11-14-17(18-3)15(2)19/h17-18H,4-14H2,1-3H3. The SMILES string of the molecule is CCCCCCCC(=O)CCCCCC(NC)C(C)=O. The Hall–Kier alpha value is -0.700. The molecule has 0 fully saturated rings. The first-order chi connectivity index (χ1) is 9.61. The third-order valence-corrected chi connectivity index (χ3v) is 3.85. The van der Waals surface area contributed by atoms with Crippen LogP contribution in [0.3, 0.4) is 0 Å². The third-order valence-electron chi connectivity index (χ3n) is 3.85. The topological polar surface area (TPSA) is 46.2 Å². The number of unbranched alkanes of at least 4 members (excludes halogenated alkanes) is 6. The van der Waals surface area contributed by atoms with E-state index in [-0.39, 0.29) is 11.8 Å². The molecule has 0 bridgehead atoms. The molecule has 1 N–H and O–H groups in total. The van der Waals surface area contributed by atoms with Crippen molar-refractivity contribution < 1.29 is 9.59 Å². The van der Waals surface area contributed by atoms with Gasteiger partial charge in [-0.2, -0.15) is 0 Å². The monoisotopic (exact) mass is 283 g/mol. The molecule has 0 rings (SSSR count). The van der Waals surface area contributed by atoms with Gasteiger partial charge < -0.3 is 5.32 Å². The van der Waals surface area contributed by atoms with E-state index < -0.39 is 0 Å². The van der Waals surface area contributed by atoms with Crippen LogP contribution in [0.4, 0.5) is 0 Å². The van der Waals surface area contributed by atoms with E-state index in [1.807, 2.05) is 7.05 Å². The van der Waals surface area contributed by atoms with Crippen LogP contribution in [0.5, 0.6) is 0 Å². The molecule has 0 aromatic rings. The molecule has 0 spiro atoms. The number of nitrogens with one attached hydrogen (secondary N) is 1. The van der Waals surface area contributed by atoms with Crippen LogP contribution in [0.25, 0.3) is 0 Å². The van der Waals surface area contributed by atoms with Crippen LogP contribution in [0, 0.1) is 0 Å². The number of carbonyl (C=O) groups is 2. The highest BCUT2D eigenvalue weighted by Gasteiger charge is 2.10. The molecule has 0 aromatic carbocycles. The van der Waals surface area contributed by atoms with E-state index in [1.165, 1.54) is 25.7 Å². The molecule has 1 unspecified atom stereocenters. The number of Topliss-reactive ketones (excluding diaryl/α,β-unsaturated/α-hetero) is 2. The second-order valence-electron chi connectivity index (χ2n) is 5.75. The fourth-order valence-corrected chi connectivity index (χ4v) is 2.45. The molecule has 0 aromatic heterocycles. The third kappa shape index (κ3) is 11.2. The minimum Gasteiger partial charge on any atom is -0.311 e. The second-order valence-corrected chi connectivity index (χ2v) is 5.75. The summed E-state index contributed by atoms with van der Waals surface area (Å²) in [5.41, 5.74) is 0. The van der Waals surface area contributed by atoms with Crippen LogP contribution in [-0.2, 0) is 9.59 Å². The molecule has 20 heavy (non-hydrogen) atoms. The van der Waals surface area contributed by atoms with Gasteiger partial charge in [-0.25, -0.2) is 0 Å². The van der Waals surface area contributed by atoms with Crippen molar-refractivity contribution in [2.24, 2.45) is 0 Å². The van der Waals surface area contributed by atoms with Crippen molar-refractivity contribution >= 4 is 11.6 Å². The summed E-state index contributed by atoms with van der Waals surface area (Å²) in [6.45, 7) is 3.83. The van der Waals surface area contributed by atoms with E-state index in [1.54, 1.807) is 6.92 Å². The van der Waals surface area contributed by atoms with Crippen LogP contribution in [0.2, 0.25) is 0 Å². The first-order valence-electron chi connectivity index (χ1n) is 8.31. The maximum absolute atomic E-state index is 11.7. The highest BCUT2D eigenvalue weighted by molar-refractivity contribution is 5.81. The highest BCUT2D eigenvalue weighted by Crippen LogP contribution is 2.10. The summed E-state index contributed by atoms with van der Waals surface area (Å²) < 4.78 is 0. The molecule has 3 heteroatoms. The lowest BCUT2D eigenvalue weighted by atomic mass is 10.0. The zero-order valence-corrected chi connectivity index (χ0v) is 13.7. The molecule has 118 valence electrons. The van der Waals surface area contributed by atoms with Gasteiger partial charge in [0.25, 0.3) is 0 Å². The molecule has 3 nitrogen and oxygen atoms in total. The molecular weight excluding hydrogens is 250 g/mol. The molecule has 0 saturated heterocycles. The van der Waals surface area contributed by atoms with Gasteiger partial charge in [-0.1, -0.05) is 45.4 Å². The van der Waals surface area contributed by atoms with E-state index in [0.717, 1.165) is 44.9 Å². The van der Waals surface area contributed by atoms with Crippen LogP contribution in [0.15, 0.2) is 0 Å². The lowest BCUT2D eigenvalue weighted by molar-refractivity contribution is -0.120. The van der Waals surface area contributed by atoms with Gasteiger partial charge in [0.05, 0.1) is 6.04 Å². The predicted octanol–water partition coefficient (Wildman–Crippen LogP) is 4.04. The number of hydrogen-bond donors (Lipinski definition) is 1. The maximum atomic E-state index is 11.7. The molecule has 1 atom stereocenters. The summed E-state index contributed by atoms with van der Waals surface area (Å²) in [4.78, 5) is 22.9. The van der Waals surface area contributed by atoms with Gasteiger partial charge in [-0.05, 0) is 33.2 Å². The lowest BCUT2D eigenvalue weighted by Crippen LogP contribution is -2.31. The van der Waals surface area contributed by atoms with E-state index in [0.29, 0.717) is 5.78 Å². The first-order valence-corrected chi connectivity index (χ1v) is 8.31. The largest absolute Gasteiger partial charge is 0.311 e. The average molecular weight is 283 g/mol. The van der Waals surface area contributed by atoms with Gasteiger partial charge in [0.2, 0.25) is 0 Å². The average Bonchev–Trinajstić information content (AvgIpc) is 2.42. The molecule has 0 saturated carbocycles. The fraction of sp³-hybridized carbons (Fsp3) is 0.882. The fourth-order valence-electron chi connectivity index (χ4n) is 2.45. The van der Waals surface area contributed by atoms with Crippen molar-refractivity contribution in [3.8, 4) is 0 Å². The van der Waals surface area contributed by atoms with Gasteiger partial charge in [0.15, 0.2) is 0 Å². The predicted molar refractivity (Wildman–Crippen MR) is 85.0 cm³/mol. The number of likely N-dealkylation sites (N-methyl/N-ethyl adjacent to an activating group) is 1. The van der Waals surface area contributed by atoms with Crippen LogP contribution >= 0.6 is 0 Å². The van der Waals surface area contributed by atoms with Crippen molar-refractivity contribution in [1.82, 2.24) is 5.32 Å². The summed E-state index contributed by atoms with van der Waals surface area (Å²) in [7, 11) is 1.83. The Labute approximate surface area is 124 Å². The summed E-state index contributed by atoms with van der Waals surface area (Å²) in [5, 5.41) is 3.03. The van der Waals surface area contributed by atoms with Crippen molar-refractivity contribution in [3.05, 3.63) is 0 Å². The summed E-state index contributed by atoms with van der Waals surface area (Å²) >= 11 is 0. The van der Waals surface area contributed by atoms with Crippen molar-refractivity contribution in [3.63, 3.8) is 0 Å². The minimum atomic E-state index is -0.00994. The zero-order valence-electron chi connectivity index (χ0n) is 13.7. The van der Waals surface area contributed by atoms with Crippen molar-refractivity contribution in [1.29, 1.82) is 0 Å². The van der Waals surface area contributed by atoms with Gasteiger partial charge >= 0.3 is 0 Å². The van der Waals surface area contributed by atoms with Gasteiger partial charge in [0, 0.05) is 12.8 Å². The molecule has 0 aliphatic rings. The number of carbonyl (C=O) groups excluding carboxylic acids is 2. The van der Waals surface area contributed by atoms with Gasteiger partial charge in [-0.15, -0.1) is 0 Å². The van der Waals surface area contributed by atoms with Crippen LogP contribution in [-0.4, -0.2) is 24.7 Å². The summed E-state index contributed by atoms with van der Waals surface area (Å²) in [6.07, 6.45) is 11.5. The Balaban J connectivity index is 3.41. The molecule has 0 heterocycles. The Bertz CT molecular complexity index is 264. The first kappa shape index (κ1) is 19.3. The van der Waals surface area contributed by atoms with Gasteiger partial charge in [-0.3, -0.25) is 9.59 Å². The van der Waals surface area contributed by atoms with E-state index in [4.69, 9.17) is 0 Å². The smallest absolute Gasteiger partial charge is 0.146 e. The summed E-state index contributed by atoms with van der Waals surface area (Å²) in [6, 6.07) is -0.00994. The van der Waals surface area contributed by atoms with Crippen molar-refractivity contribution in [2.75, 3.05) is 7.05 Å². The minimum absolute atomic E-state index is 0.00994. The molecule has 0 aliphatic heterocycles. The normalized spacial score (nSPS) is 12.3. The van der Waals surface area contributed by atoms with Gasteiger partial charge in [0.1, 0.15) is 11.6 Å².